The SMILES string of the molecule is COc1cc2c(cc1OC)CN(C(=O)CCCNCc1cnn(C)c1)CC2. The molecule has 2 heterocycles. The molecule has 1 amide bonds. The third-order valence-corrected chi connectivity index (χ3v) is 4.90. The molecule has 0 aliphatic carbocycles. The zero-order chi connectivity index (χ0) is 19.2. The van der Waals surface area contributed by atoms with Gasteiger partial charge in [-0.05, 0) is 42.6 Å². The number of hydrogen-bond donors (Lipinski definition) is 1. The van der Waals surface area contributed by atoms with E-state index >= 15 is 0 Å². The summed E-state index contributed by atoms with van der Waals surface area (Å²) in [7, 11) is 5.18. The number of amides is 1. The Morgan fingerprint density at radius 3 is 2.63 bits per heavy atom. The number of carbonyl (C=O) groups excluding carboxylic acids is 1. The largest absolute Gasteiger partial charge is 0.493 e. The second-order valence-electron chi connectivity index (χ2n) is 6.84. The summed E-state index contributed by atoms with van der Waals surface area (Å²) in [6, 6.07) is 4.02. The van der Waals surface area contributed by atoms with Gasteiger partial charge in [0.25, 0.3) is 0 Å². The Morgan fingerprint density at radius 1 is 1.22 bits per heavy atom. The molecule has 1 N–H and O–H groups in total. The van der Waals surface area contributed by atoms with E-state index in [9.17, 15) is 4.79 Å². The number of rotatable bonds is 8. The highest BCUT2D eigenvalue weighted by atomic mass is 16.5. The maximum absolute atomic E-state index is 12.6. The summed E-state index contributed by atoms with van der Waals surface area (Å²) < 4.78 is 12.5. The molecule has 146 valence electrons. The summed E-state index contributed by atoms with van der Waals surface area (Å²) in [5.74, 6) is 1.67. The van der Waals surface area contributed by atoms with E-state index < -0.39 is 0 Å². The molecule has 0 fully saturated rings. The molecule has 0 atom stereocenters. The van der Waals surface area contributed by atoms with Crippen molar-refractivity contribution in [1.29, 1.82) is 0 Å². The van der Waals surface area contributed by atoms with Crippen LogP contribution in [0.4, 0.5) is 0 Å². The Morgan fingerprint density at radius 2 is 1.96 bits per heavy atom. The molecule has 27 heavy (non-hydrogen) atoms. The monoisotopic (exact) mass is 372 g/mol. The van der Waals surface area contributed by atoms with Crippen LogP contribution in [0.25, 0.3) is 0 Å². The minimum absolute atomic E-state index is 0.207. The van der Waals surface area contributed by atoms with Crippen LogP contribution in [-0.2, 0) is 31.4 Å². The first-order valence-corrected chi connectivity index (χ1v) is 9.30. The van der Waals surface area contributed by atoms with E-state index in [1.807, 2.05) is 36.5 Å². The molecule has 1 aromatic heterocycles. The molecule has 7 heteroatoms. The van der Waals surface area contributed by atoms with Gasteiger partial charge in [0.1, 0.15) is 0 Å². The van der Waals surface area contributed by atoms with Gasteiger partial charge in [-0.2, -0.15) is 5.10 Å². The molecule has 1 aliphatic rings. The zero-order valence-electron chi connectivity index (χ0n) is 16.3. The van der Waals surface area contributed by atoms with Gasteiger partial charge in [-0.25, -0.2) is 0 Å². The number of ether oxygens (including phenoxy) is 2. The zero-order valence-corrected chi connectivity index (χ0v) is 16.3. The van der Waals surface area contributed by atoms with Gasteiger partial charge in [-0.15, -0.1) is 0 Å². The molecule has 0 saturated carbocycles. The summed E-state index contributed by atoms with van der Waals surface area (Å²) in [5, 5.41) is 7.51. The molecular formula is C20H28N4O3. The van der Waals surface area contributed by atoms with E-state index in [0.717, 1.165) is 49.4 Å². The first kappa shape index (κ1) is 19.2. The minimum atomic E-state index is 0.207. The third kappa shape index (κ3) is 4.80. The highest BCUT2D eigenvalue weighted by Gasteiger charge is 2.22. The van der Waals surface area contributed by atoms with Crippen LogP contribution in [0.3, 0.4) is 0 Å². The number of aromatic nitrogens is 2. The molecule has 0 bridgehead atoms. The summed E-state index contributed by atoms with van der Waals surface area (Å²) in [4.78, 5) is 14.5. The fourth-order valence-electron chi connectivity index (χ4n) is 3.41. The average molecular weight is 372 g/mol. The lowest BCUT2D eigenvalue weighted by atomic mass is 9.98. The van der Waals surface area contributed by atoms with Crippen molar-refractivity contribution in [2.24, 2.45) is 7.05 Å². The predicted octanol–water partition coefficient (Wildman–Crippen LogP) is 1.89. The van der Waals surface area contributed by atoms with Crippen LogP contribution in [0, 0.1) is 0 Å². The van der Waals surface area contributed by atoms with Crippen molar-refractivity contribution in [2.75, 3.05) is 27.3 Å². The van der Waals surface area contributed by atoms with Crippen molar-refractivity contribution in [1.82, 2.24) is 20.0 Å². The van der Waals surface area contributed by atoms with Crippen LogP contribution < -0.4 is 14.8 Å². The van der Waals surface area contributed by atoms with Crippen LogP contribution in [0.2, 0.25) is 0 Å². The van der Waals surface area contributed by atoms with Crippen molar-refractivity contribution >= 4 is 5.91 Å². The van der Waals surface area contributed by atoms with Gasteiger partial charge in [0.2, 0.25) is 5.91 Å². The number of fused-ring (bicyclic) bond motifs is 1. The molecule has 0 radical (unpaired) electrons. The summed E-state index contributed by atoms with van der Waals surface area (Å²) in [6.07, 6.45) is 6.08. The Bertz CT molecular complexity index is 788. The minimum Gasteiger partial charge on any atom is -0.493 e. The Labute approximate surface area is 160 Å². The second-order valence-corrected chi connectivity index (χ2v) is 6.84. The molecule has 0 spiro atoms. The van der Waals surface area contributed by atoms with Crippen LogP contribution in [-0.4, -0.2) is 47.9 Å². The summed E-state index contributed by atoms with van der Waals surface area (Å²) in [5.41, 5.74) is 3.53. The number of hydrogen-bond acceptors (Lipinski definition) is 5. The van der Waals surface area contributed by atoms with E-state index in [4.69, 9.17) is 9.47 Å². The smallest absolute Gasteiger partial charge is 0.222 e. The molecule has 0 saturated heterocycles. The van der Waals surface area contributed by atoms with Gasteiger partial charge in [0.05, 0.1) is 20.4 Å². The van der Waals surface area contributed by atoms with E-state index in [1.54, 1.807) is 18.9 Å². The lowest BCUT2D eigenvalue weighted by Crippen LogP contribution is -2.36. The van der Waals surface area contributed by atoms with Gasteiger partial charge >= 0.3 is 0 Å². The van der Waals surface area contributed by atoms with Gasteiger partial charge in [0.15, 0.2) is 11.5 Å². The third-order valence-electron chi connectivity index (χ3n) is 4.90. The van der Waals surface area contributed by atoms with Gasteiger partial charge in [-0.1, -0.05) is 0 Å². The van der Waals surface area contributed by atoms with Crippen LogP contribution in [0.5, 0.6) is 11.5 Å². The predicted molar refractivity (Wildman–Crippen MR) is 103 cm³/mol. The van der Waals surface area contributed by atoms with Crippen molar-refractivity contribution in [3.63, 3.8) is 0 Å². The first-order valence-electron chi connectivity index (χ1n) is 9.30. The highest BCUT2D eigenvalue weighted by molar-refractivity contribution is 5.76. The fraction of sp³-hybridized carbons (Fsp3) is 0.500. The highest BCUT2D eigenvalue weighted by Crippen LogP contribution is 2.33. The maximum Gasteiger partial charge on any atom is 0.222 e. The van der Waals surface area contributed by atoms with E-state index in [2.05, 4.69) is 10.4 Å². The quantitative estimate of drug-likeness (QED) is 0.717. The standard InChI is InChI=1S/C20H28N4O3/c1-23-13-15(12-22-23)11-21-7-4-5-20(25)24-8-6-16-9-18(26-2)19(27-3)10-17(16)14-24/h9-10,12-13,21H,4-8,11,14H2,1-3H3. The summed E-state index contributed by atoms with van der Waals surface area (Å²) in [6.45, 7) is 2.99. The summed E-state index contributed by atoms with van der Waals surface area (Å²) >= 11 is 0. The number of carbonyl (C=O) groups is 1. The first-order chi connectivity index (χ1) is 13.1. The normalized spacial score (nSPS) is 13.4. The topological polar surface area (TPSA) is 68.6 Å². The molecule has 7 nitrogen and oxygen atoms in total. The van der Waals surface area contributed by atoms with Gasteiger partial charge in [-0.3, -0.25) is 9.48 Å². The lowest BCUT2D eigenvalue weighted by Gasteiger charge is -2.29. The number of methoxy groups -OCH3 is 2. The number of aryl methyl sites for hydroxylation is 1. The van der Waals surface area contributed by atoms with E-state index in [1.165, 1.54) is 5.56 Å². The molecule has 1 aliphatic heterocycles. The second kappa shape index (κ2) is 8.90. The molecule has 2 aromatic rings. The number of nitrogens with zero attached hydrogens (tertiary/aromatic N) is 3. The fourth-order valence-corrected chi connectivity index (χ4v) is 3.41. The molecule has 3 rings (SSSR count). The Kier molecular flexibility index (Phi) is 6.34. The van der Waals surface area contributed by atoms with Gasteiger partial charge < -0.3 is 19.7 Å². The van der Waals surface area contributed by atoms with Gasteiger partial charge in [0, 0.05) is 44.9 Å². The maximum atomic E-state index is 12.6. The van der Waals surface area contributed by atoms with Crippen molar-refractivity contribution in [3.05, 3.63) is 41.2 Å². The van der Waals surface area contributed by atoms with Crippen molar-refractivity contribution < 1.29 is 14.3 Å². The molecule has 0 unspecified atom stereocenters. The van der Waals surface area contributed by atoms with Crippen molar-refractivity contribution in [3.8, 4) is 11.5 Å². The Balaban J connectivity index is 1.46. The molecular weight excluding hydrogens is 344 g/mol. The number of benzene rings is 1. The van der Waals surface area contributed by atoms with E-state index in [-0.39, 0.29) is 5.91 Å². The van der Waals surface area contributed by atoms with E-state index in [0.29, 0.717) is 18.7 Å². The van der Waals surface area contributed by atoms with Crippen LogP contribution >= 0.6 is 0 Å². The van der Waals surface area contributed by atoms with Crippen LogP contribution in [0.15, 0.2) is 24.5 Å². The average Bonchev–Trinajstić information content (AvgIpc) is 3.10. The Hall–Kier alpha value is -2.54. The number of nitrogens with one attached hydrogen (secondary N) is 1. The van der Waals surface area contributed by atoms with Crippen molar-refractivity contribution in [2.45, 2.75) is 32.4 Å². The molecule has 1 aromatic carbocycles. The lowest BCUT2D eigenvalue weighted by molar-refractivity contribution is -0.132. The van der Waals surface area contributed by atoms with Crippen LogP contribution in [0.1, 0.15) is 29.5 Å².